The number of aromatic nitrogens is 3. The molecule has 0 spiro atoms. The van der Waals surface area contributed by atoms with Crippen LogP contribution < -0.4 is 10.1 Å². The highest BCUT2D eigenvalue weighted by Gasteiger charge is 2.28. The number of nitrogens with zero attached hydrogens (tertiary/aromatic N) is 3. The smallest absolute Gasteiger partial charge is 0.251 e. The summed E-state index contributed by atoms with van der Waals surface area (Å²) in [6, 6.07) is 6.60. The first-order chi connectivity index (χ1) is 14.7. The molecule has 0 saturated carbocycles. The summed E-state index contributed by atoms with van der Waals surface area (Å²) in [7, 11) is 1.44. The van der Waals surface area contributed by atoms with Crippen molar-refractivity contribution >= 4 is 5.91 Å². The third kappa shape index (κ3) is 4.13. The van der Waals surface area contributed by atoms with Gasteiger partial charge >= 0.3 is 0 Å². The summed E-state index contributed by atoms with van der Waals surface area (Å²) < 4.78 is 35.0. The van der Waals surface area contributed by atoms with Gasteiger partial charge in [-0.3, -0.25) is 9.48 Å². The molecule has 0 saturated heterocycles. The standard InChI is InChI=1S/C22H22F2N4O3/c1-22(2,30)13-6-12(7-14(23)8-13)21(29)26-17-4-5-28-19(17)10-18(27-28)15-9-20(31-3)25-11-16(15)24/h6-11,17,30H,4-5H2,1-3H3,(H,26,29). The van der Waals surface area contributed by atoms with Gasteiger partial charge in [-0.1, -0.05) is 0 Å². The molecule has 2 aromatic heterocycles. The maximum Gasteiger partial charge on any atom is 0.251 e. The molecule has 2 N–H and O–H groups in total. The lowest BCUT2D eigenvalue weighted by Crippen LogP contribution is -2.28. The Morgan fingerprint density at radius 3 is 2.74 bits per heavy atom. The second kappa shape index (κ2) is 7.73. The number of benzene rings is 1. The van der Waals surface area contributed by atoms with Crippen molar-refractivity contribution in [3.8, 4) is 17.1 Å². The van der Waals surface area contributed by atoms with Crippen LogP contribution in [0.4, 0.5) is 8.78 Å². The minimum absolute atomic E-state index is 0.111. The number of aryl methyl sites for hydroxylation is 1. The summed E-state index contributed by atoms with van der Waals surface area (Å²) in [5, 5.41) is 17.5. The van der Waals surface area contributed by atoms with Crippen molar-refractivity contribution in [3.05, 3.63) is 65.0 Å². The lowest BCUT2D eigenvalue weighted by molar-refractivity contribution is 0.0780. The topological polar surface area (TPSA) is 89.3 Å². The van der Waals surface area contributed by atoms with Crippen LogP contribution in [-0.4, -0.2) is 32.9 Å². The van der Waals surface area contributed by atoms with E-state index in [2.05, 4.69) is 15.4 Å². The Morgan fingerprint density at radius 1 is 1.26 bits per heavy atom. The van der Waals surface area contributed by atoms with Crippen LogP contribution in [0.5, 0.6) is 5.88 Å². The number of amides is 1. The monoisotopic (exact) mass is 428 g/mol. The Hall–Kier alpha value is -3.33. The average molecular weight is 428 g/mol. The molecule has 3 aromatic rings. The fraction of sp³-hybridized carbons (Fsp3) is 0.318. The highest BCUT2D eigenvalue weighted by Crippen LogP contribution is 2.32. The van der Waals surface area contributed by atoms with Crippen LogP contribution in [0.3, 0.4) is 0 Å². The van der Waals surface area contributed by atoms with Crippen molar-refractivity contribution in [1.29, 1.82) is 0 Å². The first-order valence-corrected chi connectivity index (χ1v) is 9.77. The number of nitrogens with one attached hydrogen (secondary N) is 1. The molecule has 0 aliphatic carbocycles. The van der Waals surface area contributed by atoms with Crippen LogP contribution in [0.15, 0.2) is 36.5 Å². The van der Waals surface area contributed by atoms with Gasteiger partial charge in [0.05, 0.1) is 36.3 Å². The third-order valence-electron chi connectivity index (χ3n) is 5.28. The molecule has 3 heterocycles. The van der Waals surface area contributed by atoms with Gasteiger partial charge in [-0.2, -0.15) is 5.10 Å². The van der Waals surface area contributed by atoms with Crippen LogP contribution in [0.2, 0.25) is 0 Å². The third-order valence-corrected chi connectivity index (χ3v) is 5.28. The Kier molecular flexibility index (Phi) is 5.22. The number of halogens is 2. The van der Waals surface area contributed by atoms with Crippen molar-refractivity contribution in [2.24, 2.45) is 0 Å². The average Bonchev–Trinajstić information content (AvgIpc) is 3.29. The predicted molar refractivity (Wildman–Crippen MR) is 108 cm³/mol. The molecule has 1 atom stereocenters. The largest absolute Gasteiger partial charge is 0.481 e. The van der Waals surface area contributed by atoms with Gasteiger partial charge in [0.1, 0.15) is 5.82 Å². The van der Waals surface area contributed by atoms with Gasteiger partial charge in [-0.15, -0.1) is 0 Å². The number of carbonyl (C=O) groups excluding carboxylic acids is 1. The van der Waals surface area contributed by atoms with E-state index in [0.29, 0.717) is 24.2 Å². The Balaban J connectivity index is 1.59. The van der Waals surface area contributed by atoms with Gasteiger partial charge in [-0.05, 0) is 50.1 Å². The summed E-state index contributed by atoms with van der Waals surface area (Å²) in [6.45, 7) is 3.59. The number of hydrogen-bond acceptors (Lipinski definition) is 5. The number of aliphatic hydroxyl groups is 1. The Morgan fingerprint density at radius 2 is 2.03 bits per heavy atom. The van der Waals surface area contributed by atoms with Gasteiger partial charge in [0, 0.05) is 23.7 Å². The van der Waals surface area contributed by atoms with Crippen LogP contribution in [0.25, 0.3) is 11.3 Å². The second-order valence-corrected chi connectivity index (χ2v) is 7.99. The molecule has 0 fully saturated rings. The maximum absolute atomic E-state index is 14.3. The maximum atomic E-state index is 14.3. The molecule has 0 radical (unpaired) electrons. The zero-order chi connectivity index (χ0) is 22.3. The zero-order valence-electron chi connectivity index (χ0n) is 17.3. The lowest BCUT2D eigenvalue weighted by Gasteiger charge is -2.19. The fourth-order valence-electron chi connectivity index (χ4n) is 3.61. The lowest BCUT2D eigenvalue weighted by atomic mass is 9.96. The molecule has 1 unspecified atom stereocenters. The fourth-order valence-corrected chi connectivity index (χ4v) is 3.61. The zero-order valence-corrected chi connectivity index (χ0v) is 17.3. The van der Waals surface area contributed by atoms with Crippen molar-refractivity contribution in [2.75, 3.05) is 7.11 Å². The number of pyridine rings is 1. The van der Waals surface area contributed by atoms with Gasteiger partial charge in [0.2, 0.25) is 5.88 Å². The van der Waals surface area contributed by atoms with Crippen LogP contribution in [-0.2, 0) is 12.1 Å². The molecule has 1 aromatic carbocycles. The van der Waals surface area contributed by atoms with Gasteiger partial charge in [-0.25, -0.2) is 13.8 Å². The highest BCUT2D eigenvalue weighted by molar-refractivity contribution is 5.94. The minimum atomic E-state index is -1.28. The number of methoxy groups -OCH3 is 1. The summed E-state index contributed by atoms with van der Waals surface area (Å²) in [4.78, 5) is 16.6. The Bertz CT molecular complexity index is 1150. The summed E-state index contributed by atoms with van der Waals surface area (Å²) >= 11 is 0. The van der Waals surface area contributed by atoms with Gasteiger partial charge in [0.25, 0.3) is 5.91 Å². The predicted octanol–water partition coefficient (Wildman–Crippen LogP) is 3.33. The van der Waals surface area contributed by atoms with E-state index in [1.54, 1.807) is 10.7 Å². The normalized spacial score (nSPS) is 15.6. The number of fused-ring (bicyclic) bond motifs is 1. The summed E-state index contributed by atoms with van der Waals surface area (Å²) in [6.07, 6.45) is 1.67. The highest BCUT2D eigenvalue weighted by atomic mass is 19.1. The van der Waals surface area contributed by atoms with E-state index in [-0.39, 0.29) is 23.0 Å². The summed E-state index contributed by atoms with van der Waals surface area (Å²) in [5.41, 5.74) is 0.505. The number of ether oxygens (including phenoxy) is 1. The Labute approximate surface area is 177 Å². The first-order valence-electron chi connectivity index (χ1n) is 9.77. The molecule has 0 bridgehead atoms. The van der Waals surface area contributed by atoms with Crippen molar-refractivity contribution in [2.45, 2.75) is 38.5 Å². The van der Waals surface area contributed by atoms with E-state index in [1.807, 2.05) is 0 Å². The van der Waals surface area contributed by atoms with Crippen molar-refractivity contribution in [3.63, 3.8) is 0 Å². The van der Waals surface area contributed by atoms with E-state index in [0.717, 1.165) is 18.0 Å². The van der Waals surface area contributed by atoms with E-state index in [4.69, 9.17) is 4.74 Å². The molecule has 9 heteroatoms. The molecule has 7 nitrogen and oxygen atoms in total. The quantitative estimate of drug-likeness (QED) is 0.651. The van der Waals surface area contributed by atoms with Crippen molar-refractivity contribution < 1.29 is 23.4 Å². The number of rotatable bonds is 5. The van der Waals surface area contributed by atoms with Crippen LogP contribution in [0.1, 0.15) is 47.9 Å². The van der Waals surface area contributed by atoms with E-state index < -0.39 is 23.1 Å². The van der Waals surface area contributed by atoms with Crippen molar-refractivity contribution in [1.82, 2.24) is 20.1 Å². The summed E-state index contributed by atoms with van der Waals surface area (Å²) in [5.74, 6) is -1.34. The van der Waals surface area contributed by atoms with E-state index in [9.17, 15) is 18.7 Å². The van der Waals surface area contributed by atoms with Gasteiger partial charge < -0.3 is 15.2 Å². The van der Waals surface area contributed by atoms with Crippen LogP contribution in [0, 0.1) is 11.6 Å². The SMILES string of the molecule is COc1cc(-c2cc3n(n2)CCC3NC(=O)c2cc(F)cc(C(C)(C)O)c2)c(F)cn1. The van der Waals surface area contributed by atoms with E-state index >= 15 is 0 Å². The molecule has 1 amide bonds. The second-order valence-electron chi connectivity index (χ2n) is 7.99. The van der Waals surface area contributed by atoms with Crippen LogP contribution >= 0.6 is 0 Å². The molecule has 1 aliphatic rings. The number of hydrogen-bond donors (Lipinski definition) is 2. The van der Waals surface area contributed by atoms with Gasteiger partial charge in [0.15, 0.2) is 5.82 Å². The molecular weight excluding hydrogens is 406 g/mol. The molecule has 162 valence electrons. The minimum Gasteiger partial charge on any atom is -0.481 e. The van der Waals surface area contributed by atoms with E-state index in [1.165, 1.54) is 39.2 Å². The molecule has 1 aliphatic heterocycles. The molecule has 31 heavy (non-hydrogen) atoms. The number of carbonyl (C=O) groups is 1. The molecule has 4 rings (SSSR count). The first kappa shape index (κ1) is 20.9. The molecular formula is C22H22F2N4O3.